The fourth-order valence-electron chi connectivity index (χ4n) is 1.44. The van der Waals surface area contributed by atoms with Crippen LogP contribution < -0.4 is 5.32 Å². The Labute approximate surface area is 96.3 Å². The normalized spacial score (nSPS) is 12.9. The molecule has 0 aliphatic rings. The molecule has 90 valence electrons. The van der Waals surface area contributed by atoms with Crippen LogP contribution in [-0.2, 0) is 0 Å². The lowest BCUT2D eigenvalue weighted by Gasteiger charge is -2.12. The van der Waals surface area contributed by atoms with Crippen LogP contribution >= 0.6 is 0 Å². The number of rotatable bonds is 4. The first-order valence-corrected chi connectivity index (χ1v) is 5.08. The van der Waals surface area contributed by atoms with Crippen LogP contribution in [0.4, 0.5) is 14.6 Å². The van der Waals surface area contributed by atoms with Crippen molar-refractivity contribution >= 4 is 16.7 Å². The Balaban J connectivity index is 2.19. The minimum atomic E-state index is -2.77. The monoisotopic (exact) mass is 239 g/mol. The summed E-state index contributed by atoms with van der Waals surface area (Å²) >= 11 is 0. The number of hydrogen-bond donors (Lipinski definition) is 2. The number of para-hydroxylation sites is 1. The number of aromatic nitrogens is 2. The third kappa shape index (κ3) is 2.65. The smallest absolute Gasteiger partial charge is 0.265 e. The summed E-state index contributed by atoms with van der Waals surface area (Å²) in [6, 6.07) is 7.21. The van der Waals surface area contributed by atoms with Crippen LogP contribution in [0.5, 0.6) is 0 Å². The Bertz CT molecular complexity index is 502. The van der Waals surface area contributed by atoms with E-state index in [4.69, 9.17) is 5.11 Å². The van der Waals surface area contributed by atoms with Gasteiger partial charge in [0.25, 0.3) is 6.43 Å². The highest BCUT2D eigenvalue weighted by atomic mass is 19.3. The molecule has 1 heterocycles. The standard InChI is InChI=1S/C11H11F2N3O/c12-10(13)9(17)5-14-11-7-3-1-2-4-8(7)15-6-16-11/h1-4,6,9-10,17H,5H2,(H,14,15,16). The van der Waals surface area contributed by atoms with Gasteiger partial charge >= 0.3 is 0 Å². The molecule has 1 aromatic carbocycles. The van der Waals surface area contributed by atoms with Crippen molar-refractivity contribution in [3.63, 3.8) is 0 Å². The first-order chi connectivity index (χ1) is 8.18. The summed E-state index contributed by atoms with van der Waals surface area (Å²) in [4.78, 5) is 8.00. The van der Waals surface area contributed by atoms with E-state index in [-0.39, 0.29) is 6.54 Å². The highest BCUT2D eigenvalue weighted by molar-refractivity contribution is 5.88. The molecule has 0 amide bonds. The van der Waals surface area contributed by atoms with Crippen LogP contribution in [0.1, 0.15) is 0 Å². The number of hydrogen-bond acceptors (Lipinski definition) is 4. The lowest BCUT2D eigenvalue weighted by Crippen LogP contribution is -2.27. The van der Waals surface area contributed by atoms with Crippen molar-refractivity contribution in [1.29, 1.82) is 0 Å². The summed E-state index contributed by atoms with van der Waals surface area (Å²) in [6.45, 7) is -0.251. The molecule has 0 radical (unpaired) electrons. The van der Waals surface area contributed by atoms with Gasteiger partial charge in [-0.1, -0.05) is 12.1 Å². The molecule has 17 heavy (non-hydrogen) atoms. The van der Waals surface area contributed by atoms with E-state index in [9.17, 15) is 8.78 Å². The van der Waals surface area contributed by atoms with E-state index < -0.39 is 12.5 Å². The number of fused-ring (bicyclic) bond motifs is 1. The minimum Gasteiger partial charge on any atom is -0.385 e. The Morgan fingerprint density at radius 3 is 2.76 bits per heavy atom. The maximum Gasteiger partial charge on any atom is 0.265 e. The number of nitrogens with one attached hydrogen (secondary N) is 1. The van der Waals surface area contributed by atoms with Crippen molar-refractivity contribution in [1.82, 2.24) is 9.97 Å². The van der Waals surface area contributed by atoms with Gasteiger partial charge < -0.3 is 10.4 Å². The lowest BCUT2D eigenvalue weighted by molar-refractivity contribution is 0.00382. The summed E-state index contributed by atoms with van der Waals surface area (Å²) < 4.78 is 24.2. The zero-order chi connectivity index (χ0) is 12.3. The second-order valence-electron chi connectivity index (χ2n) is 3.52. The van der Waals surface area contributed by atoms with Gasteiger partial charge in [-0.15, -0.1) is 0 Å². The van der Waals surface area contributed by atoms with E-state index in [1.54, 1.807) is 18.2 Å². The number of aliphatic hydroxyl groups excluding tert-OH is 1. The molecule has 0 aliphatic carbocycles. The van der Waals surface area contributed by atoms with E-state index >= 15 is 0 Å². The zero-order valence-corrected chi connectivity index (χ0v) is 8.85. The number of halogens is 2. The Morgan fingerprint density at radius 1 is 1.24 bits per heavy atom. The van der Waals surface area contributed by atoms with Crippen molar-refractivity contribution in [2.75, 3.05) is 11.9 Å². The molecule has 6 heteroatoms. The molecule has 0 fully saturated rings. The average molecular weight is 239 g/mol. The molecular formula is C11H11F2N3O. The molecule has 1 aromatic heterocycles. The SMILES string of the molecule is OC(CNc1ncnc2ccccc12)C(F)F. The van der Waals surface area contributed by atoms with Crippen LogP contribution in [0.3, 0.4) is 0 Å². The van der Waals surface area contributed by atoms with Crippen molar-refractivity contribution < 1.29 is 13.9 Å². The Morgan fingerprint density at radius 2 is 2.00 bits per heavy atom. The second-order valence-corrected chi connectivity index (χ2v) is 3.52. The van der Waals surface area contributed by atoms with Crippen molar-refractivity contribution in [2.24, 2.45) is 0 Å². The fraction of sp³-hybridized carbons (Fsp3) is 0.273. The zero-order valence-electron chi connectivity index (χ0n) is 8.85. The molecule has 4 nitrogen and oxygen atoms in total. The summed E-state index contributed by atoms with van der Waals surface area (Å²) in [6.07, 6.45) is -3.13. The quantitative estimate of drug-likeness (QED) is 0.852. The van der Waals surface area contributed by atoms with Crippen LogP contribution in [0.25, 0.3) is 10.9 Å². The molecule has 0 saturated heterocycles. The molecule has 1 unspecified atom stereocenters. The van der Waals surface area contributed by atoms with Crippen molar-refractivity contribution in [3.8, 4) is 0 Å². The van der Waals surface area contributed by atoms with Crippen LogP contribution in [0.2, 0.25) is 0 Å². The van der Waals surface area contributed by atoms with Crippen LogP contribution in [0, 0.1) is 0 Å². The predicted octanol–water partition coefficient (Wildman–Crippen LogP) is 1.67. The van der Waals surface area contributed by atoms with Crippen molar-refractivity contribution in [3.05, 3.63) is 30.6 Å². The number of alkyl halides is 2. The van der Waals surface area contributed by atoms with Crippen LogP contribution in [-0.4, -0.2) is 34.1 Å². The topological polar surface area (TPSA) is 58.0 Å². The first kappa shape index (κ1) is 11.7. The van der Waals surface area contributed by atoms with Gasteiger partial charge in [0.15, 0.2) is 0 Å². The molecule has 0 bridgehead atoms. The molecular weight excluding hydrogens is 228 g/mol. The van der Waals surface area contributed by atoms with E-state index in [1.807, 2.05) is 6.07 Å². The molecule has 2 N–H and O–H groups in total. The van der Waals surface area contributed by atoms with Crippen LogP contribution in [0.15, 0.2) is 30.6 Å². The lowest BCUT2D eigenvalue weighted by atomic mass is 10.2. The van der Waals surface area contributed by atoms with E-state index in [0.29, 0.717) is 5.82 Å². The molecule has 0 saturated carbocycles. The first-order valence-electron chi connectivity index (χ1n) is 5.08. The maximum atomic E-state index is 12.1. The summed E-state index contributed by atoms with van der Waals surface area (Å²) in [5.74, 6) is 0.440. The van der Waals surface area contributed by atoms with E-state index in [1.165, 1.54) is 6.33 Å². The largest absolute Gasteiger partial charge is 0.385 e. The molecule has 0 aliphatic heterocycles. The van der Waals surface area contributed by atoms with Gasteiger partial charge in [-0.05, 0) is 12.1 Å². The summed E-state index contributed by atoms with van der Waals surface area (Å²) in [5, 5.41) is 12.4. The third-order valence-corrected chi connectivity index (χ3v) is 2.31. The Kier molecular flexibility index (Phi) is 3.43. The fourth-order valence-corrected chi connectivity index (χ4v) is 1.44. The second kappa shape index (κ2) is 5.01. The maximum absolute atomic E-state index is 12.1. The van der Waals surface area contributed by atoms with Gasteiger partial charge in [-0.3, -0.25) is 0 Å². The number of anilines is 1. The predicted molar refractivity (Wildman–Crippen MR) is 60.0 cm³/mol. The highest BCUT2D eigenvalue weighted by Gasteiger charge is 2.16. The third-order valence-electron chi connectivity index (χ3n) is 2.31. The number of aliphatic hydroxyl groups is 1. The summed E-state index contributed by atoms with van der Waals surface area (Å²) in [7, 11) is 0. The molecule has 2 aromatic rings. The summed E-state index contributed by atoms with van der Waals surface area (Å²) in [5.41, 5.74) is 0.719. The Hall–Kier alpha value is -1.82. The highest BCUT2D eigenvalue weighted by Crippen LogP contribution is 2.18. The van der Waals surface area contributed by atoms with Gasteiger partial charge in [0.1, 0.15) is 18.2 Å². The van der Waals surface area contributed by atoms with Gasteiger partial charge in [0.2, 0.25) is 0 Å². The van der Waals surface area contributed by atoms with E-state index in [2.05, 4.69) is 15.3 Å². The number of nitrogens with zero attached hydrogens (tertiary/aromatic N) is 2. The molecule has 1 atom stereocenters. The van der Waals surface area contributed by atoms with Gasteiger partial charge in [-0.2, -0.15) is 0 Å². The van der Waals surface area contributed by atoms with Gasteiger partial charge in [0, 0.05) is 11.9 Å². The van der Waals surface area contributed by atoms with Crippen molar-refractivity contribution in [2.45, 2.75) is 12.5 Å². The van der Waals surface area contributed by atoms with E-state index in [0.717, 1.165) is 10.9 Å². The van der Waals surface area contributed by atoms with Gasteiger partial charge in [-0.25, -0.2) is 18.7 Å². The number of benzene rings is 1. The molecule has 2 rings (SSSR count). The van der Waals surface area contributed by atoms with Gasteiger partial charge in [0.05, 0.1) is 5.52 Å². The minimum absolute atomic E-state index is 0.251. The average Bonchev–Trinajstić information content (AvgIpc) is 2.35. The molecule has 0 spiro atoms.